The zero-order valence-corrected chi connectivity index (χ0v) is 27.6. The van der Waals surface area contributed by atoms with Crippen LogP contribution in [0.1, 0.15) is 77.6 Å². The van der Waals surface area contributed by atoms with Crippen LogP contribution in [-0.2, 0) is 47.4 Å². The summed E-state index contributed by atoms with van der Waals surface area (Å²) in [6.45, 7) is 9.57. The number of carbonyl (C=O) groups excluding carboxylic acids is 1. The van der Waals surface area contributed by atoms with E-state index in [2.05, 4.69) is 6.92 Å². The summed E-state index contributed by atoms with van der Waals surface area (Å²) in [6.07, 6.45) is 12.4. The highest BCUT2D eigenvalue weighted by molar-refractivity contribution is 5.69. The molecule has 12 heteroatoms. The molecule has 0 bridgehead atoms. The van der Waals surface area contributed by atoms with Crippen LogP contribution in [-0.4, -0.2) is 141 Å². The lowest BCUT2D eigenvalue weighted by atomic mass is 10.1. The van der Waals surface area contributed by atoms with Crippen LogP contribution in [0.5, 0.6) is 0 Å². The summed E-state index contributed by atoms with van der Waals surface area (Å²) in [6, 6.07) is 0. The van der Waals surface area contributed by atoms with Gasteiger partial charge in [-0.3, -0.25) is 4.79 Å². The molecule has 0 aliphatic carbocycles. The lowest BCUT2D eigenvalue weighted by Gasteiger charge is -2.09. The molecular formula is C32H64O12. The van der Waals surface area contributed by atoms with Gasteiger partial charge in [0.2, 0.25) is 0 Å². The number of hydrogen-bond donors (Lipinski definition) is 2. The third kappa shape index (κ3) is 37.3. The predicted molar refractivity (Wildman–Crippen MR) is 167 cm³/mol. The van der Waals surface area contributed by atoms with Gasteiger partial charge in [0.1, 0.15) is 12.7 Å². The lowest BCUT2D eigenvalue weighted by Crippen LogP contribution is -2.22. The Bertz CT molecular complexity index is 555. The first-order valence-electron chi connectivity index (χ1n) is 16.8. The molecule has 0 aromatic carbocycles. The highest BCUT2D eigenvalue weighted by atomic mass is 16.6. The first-order valence-corrected chi connectivity index (χ1v) is 16.8. The van der Waals surface area contributed by atoms with Gasteiger partial charge < -0.3 is 52.8 Å². The summed E-state index contributed by atoms with van der Waals surface area (Å²) in [4.78, 5) is 11.4. The van der Waals surface area contributed by atoms with Crippen molar-refractivity contribution in [2.45, 2.75) is 83.7 Å². The van der Waals surface area contributed by atoms with Gasteiger partial charge in [-0.2, -0.15) is 0 Å². The van der Waals surface area contributed by atoms with Crippen LogP contribution in [0.3, 0.4) is 0 Å². The van der Waals surface area contributed by atoms with Crippen molar-refractivity contribution in [1.82, 2.24) is 0 Å². The van der Waals surface area contributed by atoms with E-state index in [1.165, 1.54) is 57.8 Å². The SMILES string of the molecule is CCCCCCCCCCCCOCCOCCOCCOCCOCCOCCOCCOCCC(=O)OCC(O)CO. The zero-order valence-electron chi connectivity index (χ0n) is 27.6. The molecule has 0 aliphatic heterocycles. The molecule has 0 aliphatic rings. The van der Waals surface area contributed by atoms with Gasteiger partial charge in [-0.05, 0) is 6.42 Å². The molecule has 12 nitrogen and oxygen atoms in total. The Balaban J connectivity index is 3.09. The summed E-state index contributed by atoms with van der Waals surface area (Å²) in [5, 5.41) is 17.7. The second-order valence-corrected chi connectivity index (χ2v) is 10.4. The van der Waals surface area contributed by atoms with E-state index in [9.17, 15) is 4.79 Å². The summed E-state index contributed by atoms with van der Waals surface area (Å²) in [5.74, 6) is -0.488. The summed E-state index contributed by atoms with van der Waals surface area (Å²) >= 11 is 0. The molecule has 0 heterocycles. The van der Waals surface area contributed by atoms with Gasteiger partial charge in [-0.1, -0.05) is 64.7 Å². The number of unbranched alkanes of at least 4 members (excludes halogenated alkanes) is 9. The van der Waals surface area contributed by atoms with E-state index in [1.54, 1.807) is 0 Å². The van der Waals surface area contributed by atoms with E-state index in [0.717, 1.165) is 13.0 Å². The molecule has 0 spiro atoms. The van der Waals surface area contributed by atoms with E-state index in [-0.39, 0.29) is 19.6 Å². The number of aliphatic hydroxyl groups is 2. The van der Waals surface area contributed by atoms with Crippen LogP contribution in [0.15, 0.2) is 0 Å². The molecule has 1 atom stereocenters. The fourth-order valence-corrected chi connectivity index (χ4v) is 3.80. The molecule has 264 valence electrons. The number of esters is 1. The molecule has 0 fully saturated rings. The monoisotopic (exact) mass is 640 g/mol. The molecule has 0 saturated carbocycles. The lowest BCUT2D eigenvalue weighted by molar-refractivity contribution is -0.148. The Kier molecular flexibility index (Phi) is 37.4. The van der Waals surface area contributed by atoms with Crippen molar-refractivity contribution >= 4 is 5.97 Å². The molecule has 0 rings (SSSR count). The van der Waals surface area contributed by atoms with Crippen molar-refractivity contribution < 1.29 is 57.6 Å². The molecule has 44 heavy (non-hydrogen) atoms. The standard InChI is InChI=1S/C32H64O12/c1-2-3-4-5-6-7-8-9-10-11-13-36-15-17-38-19-21-40-23-25-42-27-28-43-26-24-41-22-20-39-18-16-37-14-12-32(35)44-30-31(34)29-33/h31,33-34H,2-30H2,1H3. The van der Waals surface area contributed by atoms with Crippen LogP contribution in [0.4, 0.5) is 0 Å². The van der Waals surface area contributed by atoms with Gasteiger partial charge in [0, 0.05) is 6.61 Å². The number of carbonyl (C=O) groups is 1. The Hall–Kier alpha value is -0.930. The average molecular weight is 641 g/mol. The minimum absolute atomic E-state index is 0.0750. The third-order valence-electron chi connectivity index (χ3n) is 6.34. The quantitative estimate of drug-likeness (QED) is 0.0756. The highest BCUT2D eigenvalue weighted by Gasteiger charge is 2.07. The Labute approximate surface area is 266 Å². The maximum Gasteiger partial charge on any atom is 0.308 e. The van der Waals surface area contributed by atoms with Gasteiger partial charge >= 0.3 is 5.97 Å². The van der Waals surface area contributed by atoms with Gasteiger partial charge in [-0.15, -0.1) is 0 Å². The fraction of sp³-hybridized carbons (Fsp3) is 0.969. The summed E-state index contributed by atoms with van der Waals surface area (Å²) < 4.78 is 48.4. The first kappa shape index (κ1) is 43.1. The third-order valence-corrected chi connectivity index (χ3v) is 6.34. The number of aliphatic hydroxyl groups excluding tert-OH is 2. The van der Waals surface area contributed by atoms with Gasteiger partial charge in [0.15, 0.2) is 0 Å². The van der Waals surface area contributed by atoms with Crippen molar-refractivity contribution in [2.75, 3.05) is 119 Å². The normalized spacial score (nSPS) is 12.2. The van der Waals surface area contributed by atoms with Crippen LogP contribution >= 0.6 is 0 Å². The van der Waals surface area contributed by atoms with Crippen LogP contribution in [0, 0.1) is 0 Å². The van der Waals surface area contributed by atoms with Crippen LogP contribution in [0.25, 0.3) is 0 Å². The van der Waals surface area contributed by atoms with Gasteiger partial charge in [0.25, 0.3) is 0 Å². The average Bonchev–Trinajstić information content (AvgIpc) is 3.03. The van der Waals surface area contributed by atoms with Crippen LogP contribution in [0.2, 0.25) is 0 Å². The first-order chi connectivity index (χ1) is 21.7. The molecule has 2 N–H and O–H groups in total. The zero-order chi connectivity index (χ0) is 32.0. The van der Waals surface area contributed by atoms with E-state index < -0.39 is 18.7 Å². The van der Waals surface area contributed by atoms with Crippen molar-refractivity contribution in [1.29, 1.82) is 0 Å². The van der Waals surface area contributed by atoms with E-state index in [1.807, 2.05) is 0 Å². The highest BCUT2D eigenvalue weighted by Crippen LogP contribution is 2.10. The van der Waals surface area contributed by atoms with Crippen molar-refractivity contribution in [3.8, 4) is 0 Å². The van der Waals surface area contributed by atoms with E-state index >= 15 is 0 Å². The van der Waals surface area contributed by atoms with Crippen molar-refractivity contribution in [3.63, 3.8) is 0 Å². The number of hydrogen-bond acceptors (Lipinski definition) is 12. The van der Waals surface area contributed by atoms with Crippen LogP contribution < -0.4 is 0 Å². The van der Waals surface area contributed by atoms with E-state index in [4.69, 9.17) is 52.8 Å². The molecule has 0 amide bonds. The Morgan fingerprint density at radius 3 is 1.16 bits per heavy atom. The molecule has 0 aromatic rings. The maximum atomic E-state index is 11.4. The van der Waals surface area contributed by atoms with Crippen molar-refractivity contribution in [2.24, 2.45) is 0 Å². The number of rotatable bonds is 38. The minimum Gasteiger partial charge on any atom is -0.463 e. The second-order valence-electron chi connectivity index (χ2n) is 10.4. The Morgan fingerprint density at radius 2 is 0.795 bits per heavy atom. The topological polar surface area (TPSA) is 141 Å². The largest absolute Gasteiger partial charge is 0.463 e. The molecule has 0 aromatic heterocycles. The molecule has 0 radical (unpaired) electrons. The van der Waals surface area contributed by atoms with Crippen molar-refractivity contribution in [3.05, 3.63) is 0 Å². The molecule has 1 unspecified atom stereocenters. The fourth-order valence-electron chi connectivity index (χ4n) is 3.80. The second kappa shape index (κ2) is 38.3. The van der Waals surface area contributed by atoms with E-state index in [0.29, 0.717) is 92.5 Å². The van der Waals surface area contributed by atoms with Gasteiger partial charge in [-0.25, -0.2) is 0 Å². The Morgan fingerprint density at radius 1 is 0.477 bits per heavy atom. The summed E-state index contributed by atoms with van der Waals surface area (Å²) in [7, 11) is 0. The van der Waals surface area contributed by atoms with Gasteiger partial charge in [0.05, 0.1) is 112 Å². The molecule has 0 saturated heterocycles. The summed E-state index contributed by atoms with van der Waals surface area (Å²) in [5.41, 5.74) is 0. The number of ether oxygens (including phenoxy) is 9. The molecular weight excluding hydrogens is 576 g/mol. The maximum absolute atomic E-state index is 11.4. The minimum atomic E-state index is -1.05. The predicted octanol–water partition coefficient (Wildman–Crippen LogP) is 3.33. The smallest absolute Gasteiger partial charge is 0.308 e.